The van der Waals surface area contributed by atoms with Crippen molar-refractivity contribution in [2.75, 3.05) is 14.1 Å². The summed E-state index contributed by atoms with van der Waals surface area (Å²) in [6.45, 7) is 0. The second-order valence-electron chi connectivity index (χ2n) is 3.12. The van der Waals surface area contributed by atoms with E-state index in [-0.39, 0.29) is 5.78 Å². The van der Waals surface area contributed by atoms with Crippen LogP contribution in [-0.4, -0.2) is 24.8 Å². The first kappa shape index (κ1) is 10.8. The van der Waals surface area contributed by atoms with Crippen LogP contribution in [-0.2, 0) is 0 Å². The monoisotopic (exact) mass is 209 g/mol. The van der Waals surface area contributed by atoms with Crippen LogP contribution in [0.4, 0.5) is 0 Å². The zero-order valence-electron chi connectivity index (χ0n) is 8.20. The number of ketones is 1. The molecule has 0 N–H and O–H groups in total. The first-order valence-electron chi connectivity index (χ1n) is 4.25. The summed E-state index contributed by atoms with van der Waals surface area (Å²) in [5, 5.41) is 0.487. The number of carbonyl (C=O) groups is 1. The number of nitrogens with zero attached hydrogens (tertiary/aromatic N) is 1. The van der Waals surface area contributed by atoms with E-state index >= 15 is 0 Å². The van der Waals surface area contributed by atoms with Gasteiger partial charge in [-0.15, -0.1) is 0 Å². The van der Waals surface area contributed by atoms with Crippen molar-refractivity contribution in [1.29, 1.82) is 0 Å². The molecule has 1 rings (SSSR count). The molecular formula is C11H12ClNO. The normalized spacial score (nSPS) is 10.5. The minimum absolute atomic E-state index is 0.0794. The highest BCUT2D eigenvalue weighted by atomic mass is 35.5. The van der Waals surface area contributed by atoms with E-state index in [1.807, 2.05) is 14.1 Å². The van der Waals surface area contributed by atoms with E-state index in [1.54, 1.807) is 35.4 Å². The van der Waals surface area contributed by atoms with Crippen LogP contribution in [0.1, 0.15) is 10.4 Å². The van der Waals surface area contributed by atoms with E-state index in [2.05, 4.69) is 0 Å². The lowest BCUT2D eigenvalue weighted by Crippen LogP contribution is -2.03. The molecule has 0 saturated heterocycles. The number of carbonyl (C=O) groups excluding carboxylic acids is 1. The summed E-state index contributed by atoms with van der Waals surface area (Å²) in [5.41, 5.74) is 0.535. The number of hydrogen-bond donors (Lipinski definition) is 0. The number of hydrogen-bond acceptors (Lipinski definition) is 2. The first-order valence-corrected chi connectivity index (χ1v) is 4.62. The lowest BCUT2D eigenvalue weighted by atomic mass is 10.1. The van der Waals surface area contributed by atoms with Crippen molar-refractivity contribution in [2.45, 2.75) is 0 Å². The fraction of sp³-hybridized carbons (Fsp3) is 0.182. The van der Waals surface area contributed by atoms with Gasteiger partial charge in [0.05, 0.1) is 5.02 Å². The van der Waals surface area contributed by atoms with Crippen molar-refractivity contribution in [2.24, 2.45) is 0 Å². The zero-order valence-corrected chi connectivity index (χ0v) is 8.95. The van der Waals surface area contributed by atoms with Crippen molar-refractivity contribution < 1.29 is 4.79 Å². The summed E-state index contributed by atoms with van der Waals surface area (Å²) in [4.78, 5) is 13.4. The highest BCUT2D eigenvalue weighted by Gasteiger charge is 2.05. The molecule has 0 amide bonds. The van der Waals surface area contributed by atoms with Crippen LogP contribution < -0.4 is 0 Å². The average Bonchev–Trinajstić information content (AvgIpc) is 2.15. The third-order valence-corrected chi connectivity index (χ3v) is 1.99. The van der Waals surface area contributed by atoms with E-state index in [1.165, 1.54) is 6.08 Å². The number of benzene rings is 1. The van der Waals surface area contributed by atoms with Crippen molar-refractivity contribution in [3.8, 4) is 0 Å². The fourth-order valence-corrected chi connectivity index (χ4v) is 1.20. The van der Waals surface area contributed by atoms with Gasteiger partial charge in [0.25, 0.3) is 0 Å². The minimum atomic E-state index is -0.0794. The lowest BCUT2D eigenvalue weighted by Gasteiger charge is -2.03. The maximum absolute atomic E-state index is 11.6. The highest BCUT2D eigenvalue weighted by Crippen LogP contribution is 2.15. The Kier molecular flexibility index (Phi) is 3.72. The molecule has 1 aromatic carbocycles. The molecule has 0 aliphatic rings. The lowest BCUT2D eigenvalue weighted by molar-refractivity contribution is 0.104. The highest BCUT2D eigenvalue weighted by molar-refractivity contribution is 6.34. The van der Waals surface area contributed by atoms with Gasteiger partial charge in [0, 0.05) is 31.9 Å². The molecule has 3 heteroatoms. The zero-order chi connectivity index (χ0) is 10.6. The molecule has 0 aliphatic carbocycles. The summed E-state index contributed by atoms with van der Waals surface area (Å²) >= 11 is 5.87. The van der Waals surface area contributed by atoms with Gasteiger partial charge in [-0.2, -0.15) is 0 Å². The van der Waals surface area contributed by atoms with Gasteiger partial charge in [0.2, 0.25) is 0 Å². The molecule has 74 valence electrons. The Balaban J connectivity index is 2.85. The molecule has 2 nitrogen and oxygen atoms in total. The Morgan fingerprint density at radius 2 is 2.00 bits per heavy atom. The van der Waals surface area contributed by atoms with Crippen molar-refractivity contribution in [3.63, 3.8) is 0 Å². The topological polar surface area (TPSA) is 20.3 Å². The molecular weight excluding hydrogens is 198 g/mol. The molecule has 0 unspecified atom stereocenters. The minimum Gasteiger partial charge on any atom is -0.383 e. The summed E-state index contributed by atoms with van der Waals surface area (Å²) in [7, 11) is 3.72. The van der Waals surface area contributed by atoms with Crippen molar-refractivity contribution >= 4 is 17.4 Å². The van der Waals surface area contributed by atoms with Crippen molar-refractivity contribution in [1.82, 2.24) is 4.90 Å². The molecule has 0 heterocycles. The summed E-state index contributed by atoms with van der Waals surface area (Å²) < 4.78 is 0. The second-order valence-corrected chi connectivity index (χ2v) is 3.53. The molecule has 0 atom stereocenters. The van der Waals surface area contributed by atoms with Gasteiger partial charge >= 0.3 is 0 Å². The number of allylic oxidation sites excluding steroid dienone is 1. The van der Waals surface area contributed by atoms with E-state index in [9.17, 15) is 4.79 Å². The molecule has 0 aromatic heterocycles. The number of rotatable bonds is 3. The predicted octanol–water partition coefficient (Wildman–Crippen LogP) is 2.60. The molecule has 0 radical (unpaired) electrons. The molecule has 14 heavy (non-hydrogen) atoms. The largest absolute Gasteiger partial charge is 0.383 e. The fourth-order valence-electron chi connectivity index (χ4n) is 0.968. The van der Waals surface area contributed by atoms with Gasteiger partial charge in [0.1, 0.15) is 0 Å². The summed E-state index contributed by atoms with van der Waals surface area (Å²) in [6.07, 6.45) is 3.20. The average molecular weight is 210 g/mol. The SMILES string of the molecule is CN(C)/C=C/C(=O)c1ccccc1Cl. The van der Waals surface area contributed by atoms with Crippen LogP contribution in [0.25, 0.3) is 0 Å². The van der Waals surface area contributed by atoms with Crippen LogP contribution in [0.2, 0.25) is 5.02 Å². The van der Waals surface area contributed by atoms with Gasteiger partial charge in [-0.05, 0) is 12.1 Å². The quantitative estimate of drug-likeness (QED) is 0.564. The molecule has 0 spiro atoms. The van der Waals surface area contributed by atoms with E-state index in [4.69, 9.17) is 11.6 Å². The molecule has 1 aromatic rings. The molecule has 0 fully saturated rings. The van der Waals surface area contributed by atoms with Gasteiger partial charge < -0.3 is 4.90 Å². The smallest absolute Gasteiger partial charge is 0.188 e. The maximum Gasteiger partial charge on any atom is 0.188 e. The third kappa shape index (κ3) is 2.89. The Labute approximate surface area is 88.8 Å². The van der Waals surface area contributed by atoms with E-state index in [0.717, 1.165) is 0 Å². The summed E-state index contributed by atoms with van der Waals surface area (Å²) in [6, 6.07) is 7.01. The standard InChI is InChI=1S/C11H12ClNO/c1-13(2)8-7-11(14)9-5-3-4-6-10(9)12/h3-8H,1-2H3/b8-7+. The predicted molar refractivity (Wildman–Crippen MR) is 58.6 cm³/mol. The third-order valence-electron chi connectivity index (χ3n) is 1.66. The maximum atomic E-state index is 11.6. The van der Waals surface area contributed by atoms with Gasteiger partial charge in [-0.3, -0.25) is 4.79 Å². The van der Waals surface area contributed by atoms with Gasteiger partial charge in [-0.25, -0.2) is 0 Å². The Hall–Kier alpha value is -1.28. The van der Waals surface area contributed by atoms with E-state index in [0.29, 0.717) is 10.6 Å². The van der Waals surface area contributed by atoms with Crippen LogP contribution in [0.15, 0.2) is 36.5 Å². The molecule has 0 aliphatic heterocycles. The van der Waals surface area contributed by atoms with Gasteiger partial charge in [-0.1, -0.05) is 23.7 Å². The van der Waals surface area contributed by atoms with E-state index < -0.39 is 0 Å². The Morgan fingerprint density at radius 3 is 2.57 bits per heavy atom. The van der Waals surface area contributed by atoms with Crippen LogP contribution >= 0.6 is 11.6 Å². The summed E-state index contributed by atoms with van der Waals surface area (Å²) in [5.74, 6) is -0.0794. The molecule has 0 bridgehead atoms. The number of halogens is 1. The van der Waals surface area contributed by atoms with Gasteiger partial charge in [0.15, 0.2) is 5.78 Å². The van der Waals surface area contributed by atoms with Crippen LogP contribution in [0.3, 0.4) is 0 Å². The molecule has 0 saturated carbocycles. The van der Waals surface area contributed by atoms with Crippen LogP contribution in [0.5, 0.6) is 0 Å². The Morgan fingerprint density at radius 1 is 1.36 bits per heavy atom. The Bertz CT molecular complexity index is 358. The van der Waals surface area contributed by atoms with Crippen molar-refractivity contribution in [3.05, 3.63) is 47.1 Å². The first-order chi connectivity index (χ1) is 6.61. The van der Waals surface area contributed by atoms with Crippen LogP contribution in [0, 0.1) is 0 Å². The second kappa shape index (κ2) is 4.82.